The van der Waals surface area contributed by atoms with Crippen molar-refractivity contribution in [2.24, 2.45) is 0 Å². The van der Waals surface area contributed by atoms with Crippen molar-refractivity contribution in [3.8, 4) is 5.88 Å². The molecule has 0 N–H and O–H groups in total. The van der Waals surface area contributed by atoms with Crippen LogP contribution in [0.5, 0.6) is 5.88 Å². The van der Waals surface area contributed by atoms with Gasteiger partial charge >= 0.3 is 0 Å². The van der Waals surface area contributed by atoms with Crippen molar-refractivity contribution < 1.29 is 9.47 Å². The van der Waals surface area contributed by atoms with Crippen LogP contribution >= 0.6 is 0 Å². The molecule has 0 bridgehead atoms. The van der Waals surface area contributed by atoms with Gasteiger partial charge in [0, 0.05) is 47.1 Å². The smallest absolute Gasteiger partial charge is 0.232 e. The van der Waals surface area contributed by atoms with Crippen LogP contribution in [-0.2, 0) is 11.5 Å². The van der Waals surface area contributed by atoms with E-state index in [1.807, 2.05) is 13.1 Å². The van der Waals surface area contributed by atoms with Gasteiger partial charge < -0.3 is 23.8 Å². The predicted octanol–water partition coefficient (Wildman–Crippen LogP) is 3.65. The minimum absolute atomic E-state index is 0.328. The predicted molar refractivity (Wildman–Crippen MR) is 134 cm³/mol. The molecule has 1 aliphatic rings. The Balaban J connectivity index is 1.41. The molecule has 33 heavy (non-hydrogen) atoms. The molecule has 0 aliphatic carbocycles. The average Bonchev–Trinajstić information content (AvgIpc) is 3.44. The second-order valence-electron chi connectivity index (χ2n) is 9.71. The van der Waals surface area contributed by atoms with E-state index in [2.05, 4.69) is 67.1 Å². The molecule has 1 unspecified atom stereocenters. The van der Waals surface area contributed by atoms with Crippen LogP contribution in [0.2, 0.25) is 25.7 Å². The van der Waals surface area contributed by atoms with E-state index < -0.39 is 8.07 Å². The third-order valence-electron chi connectivity index (χ3n) is 6.04. The standard InChI is InChI=1S/C23H35N7O2Si/c1-6-32-21-14-24-20(13-25-21)28(2)18-7-9-29(15-18)22-19-8-10-30(23(19)27-16-26-22)17-31-11-12-33(3,4)5/h8,10,13-14,16,18H,6-7,9,11-12,15,17H2,1-5H3. The molecule has 1 fully saturated rings. The highest BCUT2D eigenvalue weighted by molar-refractivity contribution is 6.76. The van der Waals surface area contributed by atoms with Crippen LogP contribution in [0.3, 0.4) is 0 Å². The number of rotatable bonds is 10. The molecule has 9 nitrogen and oxygen atoms in total. The number of fused-ring (bicyclic) bond motifs is 1. The lowest BCUT2D eigenvalue weighted by Crippen LogP contribution is -2.35. The Kier molecular flexibility index (Phi) is 7.13. The summed E-state index contributed by atoms with van der Waals surface area (Å²) >= 11 is 0. The number of aromatic nitrogens is 5. The highest BCUT2D eigenvalue weighted by Gasteiger charge is 2.29. The fourth-order valence-corrected chi connectivity index (χ4v) is 4.80. The summed E-state index contributed by atoms with van der Waals surface area (Å²) in [5, 5.41) is 1.07. The second-order valence-corrected chi connectivity index (χ2v) is 15.3. The lowest BCUT2D eigenvalue weighted by molar-refractivity contribution is 0.0899. The maximum absolute atomic E-state index is 5.94. The van der Waals surface area contributed by atoms with E-state index in [0.29, 0.717) is 25.3 Å². The van der Waals surface area contributed by atoms with Gasteiger partial charge in [0.05, 0.1) is 24.4 Å². The molecule has 178 valence electrons. The van der Waals surface area contributed by atoms with E-state index in [9.17, 15) is 0 Å². The first-order valence-electron chi connectivity index (χ1n) is 11.7. The average molecular weight is 470 g/mol. The number of likely N-dealkylation sites (N-methyl/N-ethyl adjacent to an activating group) is 1. The van der Waals surface area contributed by atoms with Crippen LogP contribution in [0.25, 0.3) is 11.0 Å². The highest BCUT2D eigenvalue weighted by atomic mass is 28.3. The first-order chi connectivity index (χ1) is 15.9. The van der Waals surface area contributed by atoms with Gasteiger partial charge in [-0.15, -0.1) is 0 Å². The lowest BCUT2D eigenvalue weighted by atomic mass is 10.2. The normalized spacial score (nSPS) is 16.5. The number of hydrogen-bond acceptors (Lipinski definition) is 8. The topological polar surface area (TPSA) is 81.4 Å². The molecule has 1 saturated heterocycles. The molecule has 0 aromatic carbocycles. The van der Waals surface area contributed by atoms with E-state index in [0.717, 1.165) is 54.8 Å². The molecular formula is C23H35N7O2Si. The summed E-state index contributed by atoms with van der Waals surface area (Å²) in [7, 11) is 0.980. The molecule has 0 spiro atoms. The first kappa shape index (κ1) is 23.4. The van der Waals surface area contributed by atoms with Crippen LogP contribution in [0.15, 0.2) is 31.0 Å². The SMILES string of the molecule is CCOc1cnc(N(C)C2CCN(c3ncnc4c3ccn4COCC[Si](C)(C)C)C2)cn1. The monoisotopic (exact) mass is 469 g/mol. The zero-order valence-corrected chi connectivity index (χ0v) is 21.4. The van der Waals surface area contributed by atoms with E-state index in [1.165, 1.54) is 0 Å². The molecule has 1 aliphatic heterocycles. The maximum Gasteiger partial charge on any atom is 0.232 e. The highest BCUT2D eigenvalue weighted by Crippen LogP contribution is 2.29. The quantitative estimate of drug-likeness (QED) is 0.329. The summed E-state index contributed by atoms with van der Waals surface area (Å²) in [5.41, 5.74) is 0.919. The minimum atomic E-state index is -1.09. The largest absolute Gasteiger partial charge is 0.477 e. The van der Waals surface area contributed by atoms with Crippen molar-refractivity contribution in [2.75, 3.05) is 43.2 Å². The molecule has 1 atom stereocenters. The van der Waals surface area contributed by atoms with Crippen molar-refractivity contribution in [1.82, 2.24) is 24.5 Å². The Morgan fingerprint density at radius 3 is 2.73 bits per heavy atom. The van der Waals surface area contributed by atoms with Crippen LogP contribution in [-0.4, -0.2) is 72.0 Å². The van der Waals surface area contributed by atoms with Crippen LogP contribution in [0.1, 0.15) is 13.3 Å². The molecule has 0 radical (unpaired) electrons. The second kappa shape index (κ2) is 10.0. The summed E-state index contributed by atoms with van der Waals surface area (Å²) in [4.78, 5) is 22.6. The van der Waals surface area contributed by atoms with Crippen LogP contribution in [0.4, 0.5) is 11.6 Å². The van der Waals surface area contributed by atoms with Gasteiger partial charge in [0.15, 0.2) is 0 Å². The molecule has 0 amide bonds. The Bertz CT molecular complexity index is 1050. The molecule has 3 aromatic heterocycles. The van der Waals surface area contributed by atoms with Crippen LogP contribution in [0, 0.1) is 0 Å². The molecule has 0 saturated carbocycles. The van der Waals surface area contributed by atoms with Gasteiger partial charge in [-0.3, -0.25) is 0 Å². The number of nitrogens with zero attached hydrogens (tertiary/aromatic N) is 7. The molecule has 10 heteroatoms. The molecule has 4 rings (SSSR count). The van der Waals surface area contributed by atoms with Crippen molar-refractivity contribution in [1.29, 1.82) is 0 Å². The molecule has 4 heterocycles. The number of ether oxygens (including phenoxy) is 2. The van der Waals surface area contributed by atoms with Crippen molar-refractivity contribution >= 4 is 30.7 Å². The van der Waals surface area contributed by atoms with Gasteiger partial charge in [0.1, 0.15) is 30.3 Å². The number of anilines is 2. The summed E-state index contributed by atoms with van der Waals surface area (Å²) in [6, 6.07) is 3.59. The Hall–Kier alpha value is -2.72. The van der Waals surface area contributed by atoms with E-state index in [4.69, 9.17) is 9.47 Å². The van der Waals surface area contributed by atoms with E-state index >= 15 is 0 Å². The zero-order valence-electron chi connectivity index (χ0n) is 20.4. The Morgan fingerprint density at radius 1 is 1.15 bits per heavy atom. The molecule has 3 aromatic rings. The molecular weight excluding hydrogens is 434 g/mol. The van der Waals surface area contributed by atoms with E-state index in [1.54, 1.807) is 18.7 Å². The third kappa shape index (κ3) is 5.62. The zero-order chi connectivity index (χ0) is 23.4. The fourth-order valence-electron chi connectivity index (χ4n) is 4.04. The summed E-state index contributed by atoms with van der Waals surface area (Å²) in [6.45, 7) is 12.7. The summed E-state index contributed by atoms with van der Waals surface area (Å²) < 4.78 is 13.4. The summed E-state index contributed by atoms with van der Waals surface area (Å²) in [6.07, 6.45) is 8.19. The van der Waals surface area contributed by atoms with Crippen molar-refractivity contribution in [3.63, 3.8) is 0 Å². The van der Waals surface area contributed by atoms with Gasteiger partial charge in [-0.25, -0.2) is 19.9 Å². The first-order valence-corrected chi connectivity index (χ1v) is 15.4. The summed E-state index contributed by atoms with van der Waals surface area (Å²) in [5.74, 6) is 2.38. The maximum atomic E-state index is 5.94. The van der Waals surface area contributed by atoms with Crippen molar-refractivity contribution in [2.45, 2.75) is 51.8 Å². The number of hydrogen-bond donors (Lipinski definition) is 0. The Labute approximate surface area is 196 Å². The Morgan fingerprint density at radius 2 is 2.00 bits per heavy atom. The van der Waals surface area contributed by atoms with Crippen LogP contribution < -0.4 is 14.5 Å². The van der Waals surface area contributed by atoms with Gasteiger partial charge in [0.25, 0.3) is 0 Å². The third-order valence-corrected chi connectivity index (χ3v) is 7.74. The van der Waals surface area contributed by atoms with Gasteiger partial charge in [0.2, 0.25) is 5.88 Å². The van der Waals surface area contributed by atoms with Gasteiger partial charge in [-0.2, -0.15) is 0 Å². The van der Waals surface area contributed by atoms with Crippen molar-refractivity contribution in [3.05, 3.63) is 31.0 Å². The van der Waals surface area contributed by atoms with E-state index in [-0.39, 0.29) is 0 Å². The van der Waals surface area contributed by atoms with Gasteiger partial charge in [-0.05, 0) is 25.5 Å². The van der Waals surface area contributed by atoms with Gasteiger partial charge in [-0.1, -0.05) is 19.6 Å². The minimum Gasteiger partial charge on any atom is -0.477 e. The fraction of sp³-hybridized carbons (Fsp3) is 0.565. The lowest BCUT2D eigenvalue weighted by Gasteiger charge is -2.26.